The average Bonchev–Trinajstić information content (AvgIpc) is 2.87. The predicted octanol–water partition coefficient (Wildman–Crippen LogP) is -7.50. The number of nitrogens with zero attached hydrogens (tertiary/aromatic N) is 1. The van der Waals surface area contributed by atoms with Crippen molar-refractivity contribution in [1.82, 2.24) is 0 Å². The summed E-state index contributed by atoms with van der Waals surface area (Å²) in [4.78, 5) is 4.68. The second-order valence-corrected chi connectivity index (χ2v) is 5.60. The first kappa shape index (κ1) is 17.7. The van der Waals surface area contributed by atoms with Crippen LogP contribution < -0.4 is 47.7 Å². The van der Waals surface area contributed by atoms with E-state index in [-0.39, 0.29) is 37.2 Å². The Balaban J connectivity index is 0.000000667. The van der Waals surface area contributed by atoms with E-state index in [0.717, 1.165) is 5.69 Å². The van der Waals surface area contributed by atoms with E-state index in [4.69, 9.17) is 0 Å². The number of hydrogen-bond acceptors (Lipinski definition) is 1. The standard InChI is InChI=1S/C15H8N.3ClH.Zr/c1-2-4-12-11(3-1)9-14-13(12)6-5-10-7-8-16-15(10)14;;;;/h1-7,9H;3*1H;/q;;;;+3/p-3. The monoisotopic (exact) mass is 397 g/mol. The third-order valence-electron chi connectivity index (χ3n) is 3.32. The molecule has 98 valence electrons. The molecule has 0 atom stereocenters. The van der Waals surface area contributed by atoms with Crippen molar-refractivity contribution in [1.29, 1.82) is 0 Å². The van der Waals surface area contributed by atoms with Crippen LogP contribution in [-0.4, -0.2) is 3.42 Å². The van der Waals surface area contributed by atoms with Gasteiger partial charge in [-0.15, -0.1) is 0 Å². The van der Waals surface area contributed by atoms with Crippen molar-refractivity contribution < 1.29 is 61.9 Å². The molecular weight excluding hydrogens is 392 g/mol. The number of hydrogen-bond donors (Lipinski definition) is 0. The van der Waals surface area contributed by atoms with E-state index in [1.807, 2.05) is 0 Å². The fourth-order valence-electron chi connectivity index (χ4n) is 2.57. The molecule has 2 aliphatic rings. The number of benzene rings is 2. The molecule has 0 bridgehead atoms. The second kappa shape index (κ2) is 6.58. The fraction of sp³-hybridized carbons (Fsp3) is 0. The van der Waals surface area contributed by atoms with Gasteiger partial charge in [0.15, 0.2) is 0 Å². The van der Waals surface area contributed by atoms with Crippen LogP contribution in [0.4, 0.5) is 5.69 Å². The SMILES string of the molecule is [Cl-].[Cl-].[Cl-].[Zr+3][C]1=Nc2c3c(ccc2=C1)=c1ccccc1=C3. The summed E-state index contributed by atoms with van der Waals surface area (Å²) in [6.07, 6.45) is 4.44. The molecular formula is C15H8Cl3NZr. The first-order chi connectivity index (χ1) is 8.33. The summed E-state index contributed by atoms with van der Waals surface area (Å²) in [5, 5.41) is 5.23. The quantitative estimate of drug-likeness (QED) is 0.356. The van der Waals surface area contributed by atoms with E-state index in [1.54, 1.807) is 0 Å². The van der Waals surface area contributed by atoms with Gasteiger partial charge in [0.25, 0.3) is 0 Å². The maximum absolute atomic E-state index is 4.68. The zero-order chi connectivity index (χ0) is 11.4. The van der Waals surface area contributed by atoms with Gasteiger partial charge in [0, 0.05) is 0 Å². The fourth-order valence-corrected chi connectivity index (χ4v) is 3.23. The van der Waals surface area contributed by atoms with Crippen LogP contribution in [-0.2, 0) is 24.7 Å². The Bertz CT molecular complexity index is 904. The first-order valence-electron chi connectivity index (χ1n) is 5.59. The number of rotatable bonds is 0. The molecule has 0 saturated heterocycles. The molecule has 0 N–H and O–H groups in total. The van der Waals surface area contributed by atoms with Crippen molar-refractivity contribution in [2.24, 2.45) is 4.99 Å². The van der Waals surface area contributed by atoms with Crippen LogP contribution >= 0.6 is 0 Å². The molecule has 0 aromatic heterocycles. The Labute approximate surface area is 150 Å². The van der Waals surface area contributed by atoms with E-state index < -0.39 is 0 Å². The van der Waals surface area contributed by atoms with Crippen LogP contribution in [0.1, 0.15) is 5.56 Å². The normalized spacial score (nSPS) is 12.2. The Hall–Kier alpha value is -0.397. The van der Waals surface area contributed by atoms with Crippen molar-refractivity contribution in [2.75, 3.05) is 0 Å². The third kappa shape index (κ3) is 2.55. The number of halogens is 3. The van der Waals surface area contributed by atoms with Crippen molar-refractivity contribution in [2.45, 2.75) is 0 Å². The molecule has 2 aromatic carbocycles. The molecule has 1 aliphatic heterocycles. The van der Waals surface area contributed by atoms with Crippen molar-refractivity contribution >= 4 is 21.3 Å². The van der Waals surface area contributed by atoms with Crippen molar-refractivity contribution in [3.8, 4) is 0 Å². The molecule has 0 spiro atoms. The molecule has 0 radical (unpaired) electrons. The molecule has 0 unspecified atom stereocenters. The van der Waals surface area contributed by atoms with Crippen LogP contribution in [0, 0.1) is 10.4 Å². The van der Waals surface area contributed by atoms with E-state index in [0.29, 0.717) is 0 Å². The first-order valence-corrected chi connectivity index (χ1v) is 6.82. The van der Waals surface area contributed by atoms with Gasteiger partial charge < -0.3 is 37.2 Å². The second-order valence-electron chi connectivity index (χ2n) is 4.34. The predicted molar refractivity (Wildman–Crippen MR) is 64.9 cm³/mol. The minimum absolute atomic E-state index is 0. The maximum atomic E-state index is 4.68. The summed E-state index contributed by atoms with van der Waals surface area (Å²) in [6, 6.07) is 12.9. The van der Waals surface area contributed by atoms with Crippen LogP contribution in [0.3, 0.4) is 0 Å². The van der Waals surface area contributed by atoms with Crippen LogP contribution in [0.15, 0.2) is 41.4 Å². The Morgan fingerprint density at radius 1 is 0.750 bits per heavy atom. The van der Waals surface area contributed by atoms with E-state index in [1.165, 1.54) is 54.6 Å². The molecule has 0 amide bonds. The summed E-state index contributed by atoms with van der Waals surface area (Å²) in [7, 11) is 0. The van der Waals surface area contributed by atoms with E-state index >= 15 is 0 Å². The molecule has 1 heterocycles. The molecule has 20 heavy (non-hydrogen) atoms. The minimum atomic E-state index is 0. The van der Waals surface area contributed by atoms with Gasteiger partial charge in [0.2, 0.25) is 0 Å². The Morgan fingerprint density at radius 3 is 2.30 bits per heavy atom. The summed E-state index contributed by atoms with van der Waals surface area (Å²) < 4.78 is 1.19. The molecule has 1 aliphatic carbocycles. The Kier molecular flexibility index (Phi) is 5.81. The van der Waals surface area contributed by atoms with Gasteiger partial charge in [0.1, 0.15) is 0 Å². The number of aliphatic imine (C=N–C) groups is 1. The topological polar surface area (TPSA) is 12.4 Å². The zero-order valence-corrected chi connectivity index (χ0v) is 14.9. The molecule has 4 rings (SSSR count). The molecule has 2 aromatic rings. The molecule has 0 saturated carbocycles. The molecule has 1 nitrogen and oxygen atoms in total. The summed E-state index contributed by atoms with van der Waals surface area (Å²) in [6.45, 7) is 0. The van der Waals surface area contributed by atoms with Gasteiger partial charge >= 0.3 is 114 Å². The van der Waals surface area contributed by atoms with Gasteiger partial charge in [-0.05, 0) is 0 Å². The number of fused-ring (bicyclic) bond motifs is 4. The summed E-state index contributed by atoms with van der Waals surface area (Å²) in [5.41, 5.74) is 2.45. The van der Waals surface area contributed by atoms with Gasteiger partial charge in [-0.1, -0.05) is 0 Å². The van der Waals surface area contributed by atoms with Crippen LogP contribution in [0.2, 0.25) is 0 Å². The summed E-state index contributed by atoms with van der Waals surface area (Å²) >= 11 is 1.38. The molecule has 5 heteroatoms. The summed E-state index contributed by atoms with van der Waals surface area (Å²) in [5.74, 6) is 0. The van der Waals surface area contributed by atoms with Gasteiger partial charge in [-0.3, -0.25) is 0 Å². The average molecular weight is 400 g/mol. The van der Waals surface area contributed by atoms with Gasteiger partial charge in [0.05, 0.1) is 0 Å². The van der Waals surface area contributed by atoms with Gasteiger partial charge in [-0.25, -0.2) is 0 Å². The van der Waals surface area contributed by atoms with E-state index in [2.05, 4.69) is 53.5 Å². The van der Waals surface area contributed by atoms with Crippen LogP contribution in [0.25, 0.3) is 12.2 Å². The zero-order valence-electron chi connectivity index (χ0n) is 10.2. The Morgan fingerprint density at radius 2 is 1.50 bits per heavy atom. The van der Waals surface area contributed by atoms with E-state index in [9.17, 15) is 0 Å². The van der Waals surface area contributed by atoms with Gasteiger partial charge in [-0.2, -0.15) is 0 Å². The van der Waals surface area contributed by atoms with Crippen molar-refractivity contribution in [3.05, 3.63) is 62.8 Å². The molecule has 0 fully saturated rings. The third-order valence-corrected chi connectivity index (χ3v) is 3.95. The van der Waals surface area contributed by atoms with Crippen LogP contribution in [0.5, 0.6) is 0 Å². The van der Waals surface area contributed by atoms with Crippen molar-refractivity contribution in [3.63, 3.8) is 0 Å².